The van der Waals surface area contributed by atoms with Crippen LogP contribution in [-0.4, -0.2) is 11.9 Å². The first kappa shape index (κ1) is 11.1. The average molecular weight is 329 g/mol. The average Bonchev–Trinajstić information content (AvgIpc) is 2.71. The van der Waals surface area contributed by atoms with Crippen LogP contribution in [0.2, 0.25) is 0 Å². The van der Waals surface area contributed by atoms with Crippen LogP contribution in [0.25, 0.3) is 5.70 Å². The summed E-state index contributed by atoms with van der Waals surface area (Å²) in [5.41, 5.74) is 1.74. The molecule has 0 unspecified atom stereocenters. The normalized spacial score (nSPS) is 14.9. The second-order valence-electron chi connectivity index (χ2n) is 3.31. The summed E-state index contributed by atoms with van der Waals surface area (Å²) in [5, 5.41) is 2.67. The van der Waals surface area contributed by atoms with Gasteiger partial charge in [-0.15, -0.1) is 0 Å². The van der Waals surface area contributed by atoms with E-state index in [4.69, 9.17) is 0 Å². The molecular formula is C11H8INO3. The number of hydrogen-bond donors (Lipinski definition) is 1. The van der Waals surface area contributed by atoms with Gasteiger partial charge in [0.2, 0.25) is 5.91 Å². The summed E-state index contributed by atoms with van der Waals surface area (Å²) >= 11 is 1.52. The lowest BCUT2D eigenvalue weighted by atomic mass is 10.1. The maximum Gasteiger partial charge on any atom is 0.346 e. The molecule has 1 amide bonds. The molecule has 1 aromatic carbocycles. The van der Waals surface area contributed by atoms with E-state index in [0.29, 0.717) is 11.3 Å². The van der Waals surface area contributed by atoms with E-state index in [1.54, 1.807) is 0 Å². The van der Waals surface area contributed by atoms with Crippen LogP contribution in [0.15, 0.2) is 35.9 Å². The lowest BCUT2D eigenvalue weighted by Crippen LogP contribution is -2.13. The van der Waals surface area contributed by atoms with E-state index in [2.05, 4.69) is 8.38 Å². The van der Waals surface area contributed by atoms with Crippen molar-refractivity contribution < 1.29 is 12.7 Å². The van der Waals surface area contributed by atoms with Crippen LogP contribution >= 0.6 is 23.0 Å². The van der Waals surface area contributed by atoms with E-state index in [-0.39, 0.29) is 12.3 Å². The lowest BCUT2D eigenvalue weighted by Gasteiger charge is -2.04. The molecule has 0 saturated heterocycles. The Balaban J connectivity index is 2.43. The number of rotatable bonds is 2. The van der Waals surface area contributed by atoms with Crippen LogP contribution < -0.4 is 5.32 Å². The molecule has 0 radical (unpaired) electrons. The zero-order valence-electron chi connectivity index (χ0n) is 8.20. The molecule has 1 N–H and O–H groups in total. The lowest BCUT2D eigenvalue weighted by molar-refractivity contribution is -0.128. The molecule has 0 aliphatic carbocycles. The third-order valence-corrected chi connectivity index (χ3v) is 2.68. The van der Waals surface area contributed by atoms with Gasteiger partial charge in [0.15, 0.2) is 23.0 Å². The minimum Gasteiger partial charge on any atom is -0.391 e. The second-order valence-corrected chi connectivity index (χ2v) is 3.75. The molecule has 4 nitrogen and oxygen atoms in total. The number of carbonyl (C=O) groups excluding carboxylic acids is 2. The van der Waals surface area contributed by atoms with Gasteiger partial charge >= 0.3 is 5.97 Å². The van der Waals surface area contributed by atoms with Crippen molar-refractivity contribution in [3.63, 3.8) is 0 Å². The van der Waals surface area contributed by atoms with Gasteiger partial charge < -0.3 is 8.38 Å². The maximum absolute atomic E-state index is 11.5. The molecule has 1 aliphatic heterocycles. The Morgan fingerprint density at radius 2 is 2.00 bits per heavy atom. The molecular weight excluding hydrogens is 321 g/mol. The molecule has 0 bridgehead atoms. The molecule has 0 atom stereocenters. The van der Waals surface area contributed by atoms with Crippen molar-refractivity contribution in [2.45, 2.75) is 6.42 Å². The fourth-order valence-electron chi connectivity index (χ4n) is 1.58. The van der Waals surface area contributed by atoms with Gasteiger partial charge in [-0.3, -0.25) is 4.79 Å². The van der Waals surface area contributed by atoms with Crippen LogP contribution in [0.5, 0.6) is 0 Å². The summed E-state index contributed by atoms with van der Waals surface area (Å²) in [7, 11) is 0. The quantitative estimate of drug-likeness (QED) is 0.842. The Hall–Kier alpha value is -1.37. The van der Waals surface area contributed by atoms with Crippen LogP contribution in [-0.2, 0) is 12.7 Å². The van der Waals surface area contributed by atoms with E-state index >= 15 is 0 Å². The van der Waals surface area contributed by atoms with Crippen molar-refractivity contribution >= 4 is 40.6 Å². The molecule has 0 aromatic heterocycles. The number of nitrogens with one attached hydrogen (secondary N) is 1. The summed E-state index contributed by atoms with van der Waals surface area (Å²) in [6, 6.07) is 9.24. The van der Waals surface area contributed by atoms with E-state index in [9.17, 15) is 9.59 Å². The van der Waals surface area contributed by atoms with Crippen molar-refractivity contribution in [3.8, 4) is 0 Å². The zero-order valence-corrected chi connectivity index (χ0v) is 10.4. The number of hydrogen-bond acceptors (Lipinski definition) is 3. The van der Waals surface area contributed by atoms with Crippen molar-refractivity contribution in [1.29, 1.82) is 0 Å². The third kappa shape index (κ3) is 2.08. The molecule has 1 heterocycles. The Morgan fingerprint density at radius 3 is 2.62 bits per heavy atom. The largest absolute Gasteiger partial charge is 0.391 e. The van der Waals surface area contributed by atoms with E-state index < -0.39 is 5.97 Å². The highest BCUT2D eigenvalue weighted by Crippen LogP contribution is 2.25. The van der Waals surface area contributed by atoms with E-state index in [1.165, 1.54) is 23.0 Å². The van der Waals surface area contributed by atoms with E-state index in [1.807, 2.05) is 30.3 Å². The Morgan fingerprint density at radius 1 is 1.31 bits per heavy atom. The number of benzene rings is 1. The van der Waals surface area contributed by atoms with Crippen molar-refractivity contribution in [3.05, 3.63) is 41.5 Å². The molecule has 82 valence electrons. The highest BCUT2D eigenvalue weighted by molar-refractivity contribution is 14.1. The minimum atomic E-state index is -0.474. The number of amides is 1. The standard InChI is InChI=1S/C11H8INO3/c12-16-11(15)8-6-9(14)13-10(8)7-4-2-1-3-5-7/h1-5H,6H2,(H,13,14). The van der Waals surface area contributed by atoms with Crippen LogP contribution in [0, 0.1) is 0 Å². The summed E-state index contributed by atoms with van der Waals surface area (Å²) in [4.78, 5) is 22.8. The summed E-state index contributed by atoms with van der Waals surface area (Å²) < 4.78 is 4.62. The summed E-state index contributed by atoms with van der Waals surface area (Å²) in [5.74, 6) is -0.659. The fourth-order valence-corrected chi connectivity index (χ4v) is 1.85. The predicted octanol–water partition coefficient (Wildman–Crippen LogP) is 1.81. The van der Waals surface area contributed by atoms with Crippen LogP contribution in [0.3, 0.4) is 0 Å². The molecule has 1 aliphatic rings. The predicted molar refractivity (Wildman–Crippen MR) is 66.2 cm³/mol. The van der Waals surface area contributed by atoms with Gasteiger partial charge in [0.1, 0.15) is 0 Å². The fraction of sp³-hybridized carbons (Fsp3) is 0.0909. The monoisotopic (exact) mass is 329 g/mol. The van der Waals surface area contributed by atoms with Gasteiger partial charge in [-0.25, -0.2) is 4.79 Å². The SMILES string of the molecule is O=C1CC(C(=O)OI)=C(c2ccccc2)N1. The van der Waals surface area contributed by atoms with Gasteiger partial charge in [-0.05, 0) is 5.56 Å². The van der Waals surface area contributed by atoms with Crippen LogP contribution in [0.1, 0.15) is 12.0 Å². The minimum absolute atomic E-state index is 0.0755. The molecule has 2 rings (SSSR count). The van der Waals surface area contributed by atoms with Crippen LogP contribution in [0.4, 0.5) is 0 Å². The molecule has 5 heteroatoms. The Kier molecular flexibility index (Phi) is 3.23. The molecule has 0 saturated carbocycles. The number of carbonyl (C=O) groups is 2. The Labute approximate surface area is 106 Å². The van der Waals surface area contributed by atoms with E-state index in [0.717, 1.165) is 5.56 Å². The zero-order chi connectivity index (χ0) is 11.5. The second kappa shape index (κ2) is 4.65. The van der Waals surface area contributed by atoms with Gasteiger partial charge in [0.25, 0.3) is 0 Å². The highest BCUT2D eigenvalue weighted by atomic mass is 127. The van der Waals surface area contributed by atoms with Gasteiger partial charge in [0.05, 0.1) is 17.7 Å². The van der Waals surface area contributed by atoms with Gasteiger partial charge in [-0.1, -0.05) is 30.3 Å². The van der Waals surface area contributed by atoms with Crippen molar-refractivity contribution in [2.24, 2.45) is 0 Å². The topological polar surface area (TPSA) is 55.4 Å². The van der Waals surface area contributed by atoms with Gasteiger partial charge in [0, 0.05) is 0 Å². The van der Waals surface area contributed by atoms with Crippen molar-refractivity contribution in [1.82, 2.24) is 5.32 Å². The molecule has 1 aromatic rings. The summed E-state index contributed by atoms with van der Waals surface area (Å²) in [6.07, 6.45) is 0.0755. The smallest absolute Gasteiger partial charge is 0.346 e. The molecule has 0 spiro atoms. The van der Waals surface area contributed by atoms with Crippen molar-refractivity contribution in [2.75, 3.05) is 0 Å². The first-order chi connectivity index (χ1) is 7.72. The molecule has 16 heavy (non-hydrogen) atoms. The maximum atomic E-state index is 11.5. The third-order valence-electron chi connectivity index (χ3n) is 2.28. The Bertz CT molecular complexity index is 467. The first-order valence-electron chi connectivity index (χ1n) is 4.63. The molecule has 0 fully saturated rings. The van der Waals surface area contributed by atoms with Gasteiger partial charge in [-0.2, -0.15) is 0 Å². The number of halogens is 1. The first-order valence-corrected chi connectivity index (χ1v) is 5.52. The summed E-state index contributed by atoms with van der Waals surface area (Å²) in [6.45, 7) is 0. The highest BCUT2D eigenvalue weighted by Gasteiger charge is 2.27.